The van der Waals surface area contributed by atoms with Crippen molar-refractivity contribution in [1.29, 1.82) is 0 Å². The van der Waals surface area contributed by atoms with Gasteiger partial charge in [-0.25, -0.2) is 4.98 Å². The van der Waals surface area contributed by atoms with E-state index in [1.165, 1.54) is 22.7 Å². The Bertz CT molecular complexity index is 1000. The molecule has 144 valence electrons. The van der Waals surface area contributed by atoms with Crippen LogP contribution in [-0.4, -0.2) is 29.9 Å². The molecule has 1 N–H and O–H groups in total. The van der Waals surface area contributed by atoms with E-state index in [2.05, 4.69) is 10.3 Å². The number of nitrogens with zero attached hydrogens (tertiary/aromatic N) is 2. The maximum atomic E-state index is 12.1. The number of thiophene rings is 1. The number of hydrogen-bond donors (Lipinski definition) is 1. The number of carbonyl (C=O) groups is 2. The maximum Gasteiger partial charge on any atom is 0.264 e. The number of aromatic nitrogens is 1. The number of ether oxygens (including phenoxy) is 1. The summed E-state index contributed by atoms with van der Waals surface area (Å²) in [6.45, 7) is 0.622. The number of nitrogens with one attached hydrogen (secondary N) is 1. The number of amides is 2. The van der Waals surface area contributed by atoms with Crippen LogP contribution in [0, 0.1) is 0 Å². The van der Waals surface area contributed by atoms with Gasteiger partial charge in [0.15, 0.2) is 11.7 Å². The van der Waals surface area contributed by atoms with E-state index in [1.807, 2.05) is 29.6 Å². The van der Waals surface area contributed by atoms with E-state index >= 15 is 0 Å². The Morgan fingerprint density at radius 2 is 2.07 bits per heavy atom. The first kappa shape index (κ1) is 18.9. The van der Waals surface area contributed by atoms with Gasteiger partial charge in [-0.2, -0.15) is 0 Å². The van der Waals surface area contributed by atoms with Crippen LogP contribution in [0.3, 0.4) is 0 Å². The van der Waals surface area contributed by atoms with Crippen molar-refractivity contribution in [1.82, 2.24) is 4.98 Å². The van der Waals surface area contributed by atoms with Crippen molar-refractivity contribution in [3.8, 4) is 16.3 Å². The molecule has 1 fully saturated rings. The molecule has 1 saturated heterocycles. The van der Waals surface area contributed by atoms with Crippen LogP contribution in [0.5, 0.6) is 5.75 Å². The third kappa shape index (κ3) is 4.35. The molecule has 0 saturated carbocycles. The normalized spacial score (nSPS) is 13.8. The maximum absolute atomic E-state index is 12.1. The predicted octanol–water partition coefficient (Wildman–Crippen LogP) is 4.67. The van der Waals surface area contributed by atoms with Crippen molar-refractivity contribution in [3.05, 3.63) is 46.1 Å². The van der Waals surface area contributed by atoms with E-state index in [1.54, 1.807) is 17.0 Å². The van der Waals surface area contributed by atoms with Crippen LogP contribution >= 0.6 is 34.3 Å². The summed E-state index contributed by atoms with van der Waals surface area (Å²) in [5, 5.41) is 5.12. The van der Waals surface area contributed by atoms with Gasteiger partial charge in [0.25, 0.3) is 5.91 Å². The van der Waals surface area contributed by atoms with Crippen LogP contribution in [0.4, 0.5) is 10.8 Å². The number of benzene rings is 1. The average molecular weight is 434 g/mol. The summed E-state index contributed by atoms with van der Waals surface area (Å²) < 4.78 is 6.22. The van der Waals surface area contributed by atoms with Gasteiger partial charge in [0.2, 0.25) is 5.91 Å². The number of rotatable bonds is 6. The lowest BCUT2D eigenvalue weighted by atomic mass is 10.3. The van der Waals surface area contributed by atoms with Gasteiger partial charge in [-0.15, -0.1) is 22.7 Å². The van der Waals surface area contributed by atoms with Crippen LogP contribution in [0.2, 0.25) is 4.34 Å². The van der Waals surface area contributed by atoms with Crippen molar-refractivity contribution in [3.63, 3.8) is 0 Å². The van der Waals surface area contributed by atoms with Crippen LogP contribution in [0.25, 0.3) is 10.6 Å². The van der Waals surface area contributed by atoms with Gasteiger partial charge in [-0.1, -0.05) is 11.6 Å². The highest BCUT2D eigenvalue weighted by Crippen LogP contribution is 2.32. The number of thiazole rings is 1. The van der Waals surface area contributed by atoms with E-state index in [-0.39, 0.29) is 18.4 Å². The molecule has 0 radical (unpaired) electrons. The Hall–Kier alpha value is -2.42. The largest absolute Gasteiger partial charge is 0.484 e. The molecule has 28 heavy (non-hydrogen) atoms. The first-order chi connectivity index (χ1) is 13.6. The fourth-order valence-corrected chi connectivity index (χ4v) is 4.65. The first-order valence-electron chi connectivity index (χ1n) is 8.63. The van der Waals surface area contributed by atoms with Gasteiger partial charge in [0, 0.05) is 24.0 Å². The van der Waals surface area contributed by atoms with Crippen LogP contribution in [0.1, 0.15) is 12.8 Å². The van der Waals surface area contributed by atoms with Crippen molar-refractivity contribution in [2.45, 2.75) is 12.8 Å². The van der Waals surface area contributed by atoms with Gasteiger partial charge in [-0.05, 0) is 42.8 Å². The van der Waals surface area contributed by atoms with Crippen LogP contribution < -0.4 is 15.0 Å². The van der Waals surface area contributed by atoms with E-state index in [0.29, 0.717) is 21.6 Å². The summed E-state index contributed by atoms with van der Waals surface area (Å²) in [7, 11) is 0. The zero-order valence-corrected chi connectivity index (χ0v) is 17.1. The highest BCUT2D eigenvalue weighted by Gasteiger charge is 2.21. The quantitative estimate of drug-likeness (QED) is 0.613. The fourth-order valence-electron chi connectivity index (χ4n) is 2.84. The number of hydrogen-bond acceptors (Lipinski definition) is 6. The SMILES string of the molecule is O=C(COc1ccc(N2CCCC2=O)cc1)Nc1nc(-c2ccc(Cl)s2)cs1. The summed E-state index contributed by atoms with van der Waals surface area (Å²) in [6, 6.07) is 10.9. The van der Waals surface area contributed by atoms with Gasteiger partial charge < -0.3 is 9.64 Å². The van der Waals surface area contributed by atoms with Gasteiger partial charge in [0.1, 0.15) is 5.75 Å². The van der Waals surface area contributed by atoms with Crippen molar-refractivity contribution in [2.24, 2.45) is 0 Å². The molecular formula is C19H16ClN3O3S2. The second kappa shape index (κ2) is 8.30. The van der Waals surface area contributed by atoms with Crippen molar-refractivity contribution in [2.75, 3.05) is 23.4 Å². The molecule has 9 heteroatoms. The lowest BCUT2D eigenvalue weighted by molar-refractivity contribution is -0.118. The second-order valence-corrected chi connectivity index (χ2v) is 8.69. The molecule has 3 heterocycles. The Morgan fingerprint density at radius 1 is 1.25 bits per heavy atom. The molecule has 1 aromatic carbocycles. The third-order valence-corrected chi connectivity index (χ3v) is 6.18. The number of anilines is 2. The molecule has 0 atom stereocenters. The lowest BCUT2D eigenvalue weighted by Crippen LogP contribution is -2.23. The molecule has 0 bridgehead atoms. The fraction of sp³-hybridized carbons (Fsp3) is 0.211. The smallest absolute Gasteiger partial charge is 0.264 e. The van der Waals surface area contributed by atoms with E-state index in [9.17, 15) is 9.59 Å². The Morgan fingerprint density at radius 3 is 2.75 bits per heavy atom. The zero-order chi connectivity index (χ0) is 19.5. The highest BCUT2D eigenvalue weighted by molar-refractivity contribution is 7.20. The molecule has 3 aromatic rings. The van der Waals surface area contributed by atoms with E-state index in [0.717, 1.165) is 29.2 Å². The summed E-state index contributed by atoms with van der Waals surface area (Å²) in [5.41, 5.74) is 1.63. The van der Waals surface area contributed by atoms with Gasteiger partial charge >= 0.3 is 0 Å². The third-order valence-electron chi connectivity index (χ3n) is 4.17. The van der Waals surface area contributed by atoms with Gasteiger partial charge in [0.05, 0.1) is 14.9 Å². The molecule has 1 aliphatic heterocycles. The molecule has 6 nitrogen and oxygen atoms in total. The summed E-state index contributed by atoms with van der Waals surface area (Å²) in [6.07, 6.45) is 1.48. The van der Waals surface area contributed by atoms with Crippen molar-refractivity contribution >= 4 is 56.9 Å². The van der Waals surface area contributed by atoms with Crippen molar-refractivity contribution < 1.29 is 14.3 Å². The molecule has 2 aromatic heterocycles. The summed E-state index contributed by atoms with van der Waals surface area (Å²) >= 11 is 8.73. The first-order valence-corrected chi connectivity index (χ1v) is 10.7. The molecule has 2 amide bonds. The minimum atomic E-state index is -0.288. The Kier molecular flexibility index (Phi) is 5.61. The monoisotopic (exact) mass is 433 g/mol. The van der Waals surface area contributed by atoms with E-state index < -0.39 is 0 Å². The topological polar surface area (TPSA) is 71.5 Å². The molecule has 1 aliphatic rings. The van der Waals surface area contributed by atoms with E-state index in [4.69, 9.17) is 16.3 Å². The predicted molar refractivity (Wildman–Crippen MR) is 113 cm³/mol. The number of carbonyl (C=O) groups excluding carboxylic acids is 2. The molecule has 4 rings (SSSR count). The molecule has 0 unspecified atom stereocenters. The minimum Gasteiger partial charge on any atom is -0.484 e. The molecule has 0 aliphatic carbocycles. The molecule has 0 spiro atoms. The second-order valence-electron chi connectivity index (χ2n) is 6.12. The summed E-state index contributed by atoms with van der Waals surface area (Å²) in [4.78, 5) is 31.0. The van der Waals surface area contributed by atoms with Gasteiger partial charge in [-0.3, -0.25) is 14.9 Å². The average Bonchev–Trinajstić information content (AvgIpc) is 3.42. The lowest BCUT2D eigenvalue weighted by Gasteiger charge is -2.16. The minimum absolute atomic E-state index is 0.123. The zero-order valence-electron chi connectivity index (χ0n) is 14.7. The van der Waals surface area contributed by atoms with Crippen LogP contribution in [-0.2, 0) is 9.59 Å². The summed E-state index contributed by atoms with van der Waals surface area (Å²) in [5.74, 6) is 0.420. The Balaban J connectivity index is 1.30. The number of halogens is 1. The molecular weight excluding hydrogens is 418 g/mol. The van der Waals surface area contributed by atoms with Crippen LogP contribution in [0.15, 0.2) is 41.8 Å². The Labute approximate surface area is 174 Å². The highest BCUT2D eigenvalue weighted by atomic mass is 35.5. The standard InChI is InChI=1S/C19H16ClN3O3S2/c20-16-8-7-15(28-16)14-11-27-19(21-14)22-17(24)10-26-13-5-3-12(4-6-13)23-9-1-2-18(23)25/h3-8,11H,1-2,9-10H2,(H,21,22,24).